The largest absolute Gasteiger partial charge is 0.390 e. The normalized spacial score (nSPS) is 19.9. The molecule has 0 aromatic rings. The third-order valence-corrected chi connectivity index (χ3v) is 2.39. The predicted octanol–water partition coefficient (Wildman–Crippen LogP) is 0.630. The van der Waals surface area contributed by atoms with Gasteiger partial charge in [0, 0.05) is 13.2 Å². The zero-order valence-corrected chi connectivity index (χ0v) is 8.14. The maximum Gasteiger partial charge on any atom is 0.282 e. The van der Waals surface area contributed by atoms with Crippen LogP contribution in [0.5, 0.6) is 0 Å². The quantitative estimate of drug-likeness (QED) is 0.698. The van der Waals surface area contributed by atoms with Gasteiger partial charge in [-0.05, 0) is 25.3 Å². The van der Waals surface area contributed by atoms with Gasteiger partial charge in [-0.1, -0.05) is 0 Å². The molecule has 0 aromatic carbocycles. The van der Waals surface area contributed by atoms with Crippen LogP contribution < -0.4 is 5.32 Å². The molecule has 5 heteroatoms. The summed E-state index contributed by atoms with van der Waals surface area (Å²) in [6, 6.07) is 0. The van der Waals surface area contributed by atoms with Crippen molar-refractivity contribution in [1.29, 1.82) is 0 Å². The van der Waals surface area contributed by atoms with E-state index in [0.717, 1.165) is 26.1 Å². The van der Waals surface area contributed by atoms with Crippen LogP contribution in [0.15, 0.2) is 0 Å². The summed E-state index contributed by atoms with van der Waals surface area (Å²) in [6.45, 7) is 0.499. The van der Waals surface area contributed by atoms with Crippen LogP contribution in [0.25, 0.3) is 0 Å². The summed E-state index contributed by atoms with van der Waals surface area (Å²) in [7, 11) is 0. The first-order chi connectivity index (χ1) is 6.64. The van der Waals surface area contributed by atoms with Crippen molar-refractivity contribution in [2.45, 2.75) is 18.8 Å². The Labute approximate surface area is 82.4 Å². The van der Waals surface area contributed by atoms with Gasteiger partial charge in [-0.15, -0.1) is 0 Å². The van der Waals surface area contributed by atoms with Crippen LogP contribution in [-0.2, 0) is 4.74 Å². The minimum atomic E-state index is -2.99. The highest BCUT2D eigenvalue weighted by Crippen LogP contribution is 2.14. The van der Waals surface area contributed by atoms with E-state index in [-0.39, 0.29) is 0 Å². The fraction of sp³-hybridized carbons (Fsp3) is 1.00. The zero-order chi connectivity index (χ0) is 10.4. The second-order valence-electron chi connectivity index (χ2n) is 3.70. The average Bonchev–Trinajstić information content (AvgIpc) is 2.19. The molecule has 0 amide bonds. The van der Waals surface area contributed by atoms with Crippen molar-refractivity contribution in [3.05, 3.63) is 0 Å². The second-order valence-corrected chi connectivity index (χ2v) is 3.70. The molecule has 1 heterocycles. The molecule has 0 atom stereocenters. The van der Waals surface area contributed by atoms with Crippen LogP contribution in [0.3, 0.4) is 0 Å². The van der Waals surface area contributed by atoms with E-state index in [0.29, 0.717) is 12.5 Å². The summed E-state index contributed by atoms with van der Waals surface area (Å²) in [5, 5.41) is 11.0. The van der Waals surface area contributed by atoms with Crippen molar-refractivity contribution in [2.75, 3.05) is 32.9 Å². The Morgan fingerprint density at radius 3 is 2.57 bits per heavy atom. The number of aliphatic hydroxyl groups is 1. The van der Waals surface area contributed by atoms with Crippen LogP contribution in [0.1, 0.15) is 12.8 Å². The third kappa shape index (κ3) is 4.30. The van der Waals surface area contributed by atoms with Gasteiger partial charge in [0.15, 0.2) is 0 Å². The maximum atomic E-state index is 12.6. The monoisotopic (exact) mass is 209 g/mol. The fourth-order valence-electron chi connectivity index (χ4n) is 1.47. The molecule has 1 saturated heterocycles. The Morgan fingerprint density at radius 1 is 1.36 bits per heavy atom. The summed E-state index contributed by atoms with van der Waals surface area (Å²) >= 11 is 0. The molecule has 0 saturated carbocycles. The minimum Gasteiger partial charge on any atom is -0.390 e. The zero-order valence-electron chi connectivity index (χ0n) is 8.14. The molecule has 0 aliphatic carbocycles. The molecule has 1 aliphatic heterocycles. The van der Waals surface area contributed by atoms with Gasteiger partial charge in [0.2, 0.25) is 0 Å². The van der Waals surface area contributed by atoms with Gasteiger partial charge in [0.1, 0.15) is 6.61 Å². The van der Waals surface area contributed by atoms with Gasteiger partial charge >= 0.3 is 0 Å². The molecule has 3 nitrogen and oxygen atoms in total. The van der Waals surface area contributed by atoms with Crippen molar-refractivity contribution in [2.24, 2.45) is 5.92 Å². The van der Waals surface area contributed by atoms with E-state index in [1.165, 1.54) is 0 Å². The van der Waals surface area contributed by atoms with E-state index in [2.05, 4.69) is 5.32 Å². The highest BCUT2D eigenvalue weighted by Gasteiger charge is 2.27. The van der Waals surface area contributed by atoms with E-state index in [4.69, 9.17) is 9.84 Å². The van der Waals surface area contributed by atoms with E-state index in [9.17, 15) is 8.78 Å². The summed E-state index contributed by atoms with van der Waals surface area (Å²) in [4.78, 5) is 0. The maximum absolute atomic E-state index is 12.6. The van der Waals surface area contributed by atoms with Crippen molar-refractivity contribution >= 4 is 0 Å². The molecular formula is C9H17F2NO2. The lowest BCUT2D eigenvalue weighted by Gasteiger charge is -2.23. The Balaban J connectivity index is 2.08. The Morgan fingerprint density at radius 2 is 2.00 bits per heavy atom. The summed E-state index contributed by atoms with van der Waals surface area (Å²) in [5.74, 6) is -2.57. The van der Waals surface area contributed by atoms with Gasteiger partial charge in [0.25, 0.3) is 5.92 Å². The van der Waals surface area contributed by atoms with Crippen LogP contribution in [0.2, 0.25) is 0 Å². The number of rotatable bonds is 5. The van der Waals surface area contributed by atoms with Gasteiger partial charge in [0.05, 0.1) is 6.54 Å². The summed E-state index contributed by atoms with van der Waals surface area (Å²) in [6.07, 6.45) is 1.86. The topological polar surface area (TPSA) is 41.5 Å². The van der Waals surface area contributed by atoms with Crippen LogP contribution in [0, 0.1) is 5.92 Å². The first-order valence-electron chi connectivity index (χ1n) is 4.91. The number of aliphatic hydroxyl groups excluding tert-OH is 1. The number of nitrogens with one attached hydrogen (secondary N) is 1. The molecule has 1 aliphatic rings. The van der Waals surface area contributed by atoms with Crippen molar-refractivity contribution < 1.29 is 18.6 Å². The van der Waals surface area contributed by atoms with Gasteiger partial charge in [-0.2, -0.15) is 0 Å². The van der Waals surface area contributed by atoms with Crippen molar-refractivity contribution in [1.82, 2.24) is 5.32 Å². The molecule has 2 N–H and O–H groups in total. The van der Waals surface area contributed by atoms with Crippen molar-refractivity contribution in [3.63, 3.8) is 0 Å². The van der Waals surface area contributed by atoms with Gasteiger partial charge in [-0.25, -0.2) is 8.78 Å². The minimum absolute atomic E-state index is 0.429. The van der Waals surface area contributed by atoms with Crippen LogP contribution in [0.4, 0.5) is 8.78 Å². The molecular weight excluding hydrogens is 192 g/mol. The van der Waals surface area contributed by atoms with Gasteiger partial charge in [-0.3, -0.25) is 0 Å². The second kappa shape index (κ2) is 5.58. The number of hydrogen-bond acceptors (Lipinski definition) is 3. The Bertz CT molecular complexity index is 161. The standard InChI is InChI=1S/C9H17F2NO2/c10-9(11,7-13)6-12-5-8-1-3-14-4-2-8/h8,12-13H,1-7H2. The van der Waals surface area contributed by atoms with Crippen LogP contribution >= 0.6 is 0 Å². The number of ether oxygens (including phenoxy) is 1. The lowest BCUT2D eigenvalue weighted by atomic mass is 10.0. The SMILES string of the molecule is OCC(F)(F)CNCC1CCOCC1. The highest BCUT2D eigenvalue weighted by atomic mass is 19.3. The lowest BCUT2D eigenvalue weighted by molar-refractivity contribution is -0.0487. The Hall–Kier alpha value is -0.260. The number of halogens is 2. The molecule has 84 valence electrons. The lowest BCUT2D eigenvalue weighted by Crippen LogP contribution is -2.38. The van der Waals surface area contributed by atoms with E-state index < -0.39 is 19.1 Å². The molecule has 14 heavy (non-hydrogen) atoms. The first-order valence-corrected chi connectivity index (χ1v) is 4.91. The highest BCUT2D eigenvalue weighted by molar-refractivity contribution is 4.71. The van der Waals surface area contributed by atoms with Crippen LogP contribution in [-0.4, -0.2) is 43.9 Å². The molecule has 0 unspecified atom stereocenters. The van der Waals surface area contributed by atoms with E-state index in [1.807, 2.05) is 0 Å². The van der Waals surface area contributed by atoms with E-state index >= 15 is 0 Å². The summed E-state index contributed by atoms with van der Waals surface area (Å²) in [5.41, 5.74) is 0. The van der Waals surface area contributed by atoms with Crippen molar-refractivity contribution in [3.8, 4) is 0 Å². The third-order valence-electron chi connectivity index (χ3n) is 2.39. The smallest absolute Gasteiger partial charge is 0.282 e. The molecule has 0 spiro atoms. The predicted molar refractivity (Wildman–Crippen MR) is 48.4 cm³/mol. The molecule has 0 radical (unpaired) electrons. The Kier molecular flexibility index (Phi) is 4.71. The molecule has 1 fully saturated rings. The number of alkyl halides is 2. The number of hydrogen-bond donors (Lipinski definition) is 2. The fourth-order valence-corrected chi connectivity index (χ4v) is 1.47. The van der Waals surface area contributed by atoms with Gasteiger partial charge < -0.3 is 15.2 Å². The molecule has 0 aromatic heterocycles. The van der Waals surface area contributed by atoms with E-state index in [1.54, 1.807) is 0 Å². The molecule has 0 bridgehead atoms. The molecule has 1 rings (SSSR count). The summed E-state index contributed by atoms with van der Waals surface area (Å²) < 4.78 is 30.3. The average molecular weight is 209 g/mol. The first kappa shape index (κ1) is 11.8.